The summed E-state index contributed by atoms with van der Waals surface area (Å²) in [4.78, 5) is 4.28. The Kier molecular flexibility index (Phi) is 3.23. The first-order valence-corrected chi connectivity index (χ1v) is 5.67. The minimum atomic E-state index is -0.829. The topological polar surface area (TPSA) is 65.4 Å². The summed E-state index contributed by atoms with van der Waals surface area (Å²) < 4.78 is 0. The van der Waals surface area contributed by atoms with Crippen LogP contribution >= 0.6 is 0 Å². The number of pyridine rings is 1. The van der Waals surface area contributed by atoms with Gasteiger partial charge in [-0.15, -0.1) is 0 Å². The van der Waals surface area contributed by atoms with E-state index in [0.29, 0.717) is 18.5 Å². The smallest absolute Gasteiger partial charge is 0.0939 e. The van der Waals surface area contributed by atoms with Gasteiger partial charge in [0.15, 0.2) is 0 Å². The average Bonchev–Trinajstić information content (AvgIpc) is 2.29. The van der Waals surface area contributed by atoms with Crippen LogP contribution < -0.4 is 5.32 Å². The van der Waals surface area contributed by atoms with Crippen LogP contribution in [-0.4, -0.2) is 28.3 Å². The molecule has 88 valence electrons. The Morgan fingerprint density at radius 3 is 2.69 bits per heavy atom. The second kappa shape index (κ2) is 4.49. The second-order valence-electron chi connectivity index (χ2n) is 4.39. The van der Waals surface area contributed by atoms with Crippen molar-refractivity contribution in [2.75, 3.05) is 13.1 Å². The van der Waals surface area contributed by atoms with E-state index in [1.165, 1.54) is 0 Å². The number of rotatable bonds is 2. The molecular weight excluding hydrogens is 204 g/mol. The lowest BCUT2D eigenvalue weighted by Gasteiger charge is -2.34. The zero-order chi connectivity index (χ0) is 11.6. The molecule has 0 bridgehead atoms. The fourth-order valence-corrected chi connectivity index (χ4v) is 2.26. The summed E-state index contributed by atoms with van der Waals surface area (Å²) in [5.74, 6) is 0. The summed E-state index contributed by atoms with van der Waals surface area (Å²) in [5, 5.41) is 23.1. The molecule has 0 spiro atoms. The molecule has 0 atom stereocenters. The van der Waals surface area contributed by atoms with E-state index < -0.39 is 5.60 Å². The molecule has 2 rings (SSSR count). The van der Waals surface area contributed by atoms with Crippen molar-refractivity contribution in [1.82, 2.24) is 10.3 Å². The van der Waals surface area contributed by atoms with Gasteiger partial charge in [0.25, 0.3) is 0 Å². The standard InChI is InChI=1S/C12H18N2O2/c1-9-2-3-10(11(8-15)14-9)12(16)4-6-13-7-5-12/h2-3,13,15-16H,4-8H2,1H3. The van der Waals surface area contributed by atoms with Crippen molar-refractivity contribution in [3.63, 3.8) is 0 Å². The number of aliphatic hydroxyl groups excluding tert-OH is 1. The van der Waals surface area contributed by atoms with E-state index in [9.17, 15) is 10.2 Å². The zero-order valence-electron chi connectivity index (χ0n) is 9.53. The van der Waals surface area contributed by atoms with Crippen molar-refractivity contribution >= 4 is 0 Å². The normalized spacial score (nSPS) is 19.7. The molecule has 0 radical (unpaired) electrons. The van der Waals surface area contributed by atoms with E-state index in [0.717, 1.165) is 24.3 Å². The Morgan fingerprint density at radius 1 is 1.38 bits per heavy atom. The van der Waals surface area contributed by atoms with Gasteiger partial charge in [0, 0.05) is 11.3 Å². The van der Waals surface area contributed by atoms with Gasteiger partial charge in [-0.05, 0) is 38.9 Å². The fraction of sp³-hybridized carbons (Fsp3) is 0.583. The van der Waals surface area contributed by atoms with Crippen LogP contribution in [0.3, 0.4) is 0 Å². The van der Waals surface area contributed by atoms with Gasteiger partial charge >= 0.3 is 0 Å². The molecule has 2 heterocycles. The van der Waals surface area contributed by atoms with Crippen LogP contribution in [0.1, 0.15) is 29.8 Å². The number of aliphatic hydroxyl groups is 2. The average molecular weight is 222 g/mol. The van der Waals surface area contributed by atoms with Crippen LogP contribution in [0.4, 0.5) is 0 Å². The highest BCUT2D eigenvalue weighted by atomic mass is 16.3. The Bertz CT molecular complexity index is 373. The molecular formula is C12H18N2O2. The van der Waals surface area contributed by atoms with Gasteiger partial charge in [-0.25, -0.2) is 0 Å². The van der Waals surface area contributed by atoms with Crippen LogP contribution in [0.2, 0.25) is 0 Å². The molecule has 1 aliphatic heterocycles. The summed E-state index contributed by atoms with van der Waals surface area (Å²) in [6.07, 6.45) is 1.34. The maximum Gasteiger partial charge on any atom is 0.0939 e. The van der Waals surface area contributed by atoms with Crippen LogP contribution in [0.5, 0.6) is 0 Å². The van der Waals surface area contributed by atoms with E-state index in [1.54, 1.807) is 0 Å². The molecule has 1 fully saturated rings. The molecule has 3 N–H and O–H groups in total. The van der Waals surface area contributed by atoms with Gasteiger partial charge in [-0.2, -0.15) is 0 Å². The molecule has 1 saturated heterocycles. The van der Waals surface area contributed by atoms with Crippen molar-refractivity contribution in [3.05, 3.63) is 29.1 Å². The lowest BCUT2D eigenvalue weighted by molar-refractivity contribution is 0.00368. The molecule has 1 aromatic heterocycles. The zero-order valence-corrected chi connectivity index (χ0v) is 9.53. The van der Waals surface area contributed by atoms with Gasteiger partial charge in [0.2, 0.25) is 0 Å². The first-order valence-electron chi connectivity index (χ1n) is 5.67. The van der Waals surface area contributed by atoms with Crippen LogP contribution in [0.15, 0.2) is 12.1 Å². The van der Waals surface area contributed by atoms with Gasteiger partial charge in [-0.1, -0.05) is 6.07 Å². The highest BCUT2D eigenvalue weighted by molar-refractivity contribution is 5.29. The summed E-state index contributed by atoms with van der Waals surface area (Å²) in [7, 11) is 0. The van der Waals surface area contributed by atoms with Crippen molar-refractivity contribution in [1.29, 1.82) is 0 Å². The van der Waals surface area contributed by atoms with Gasteiger partial charge < -0.3 is 15.5 Å². The van der Waals surface area contributed by atoms with E-state index in [-0.39, 0.29) is 6.61 Å². The number of hydrogen-bond donors (Lipinski definition) is 3. The number of nitrogens with zero attached hydrogens (tertiary/aromatic N) is 1. The Morgan fingerprint density at radius 2 is 2.06 bits per heavy atom. The Balaban J connectivity index is 2.37. The lowest BCUT2D eigenvalue weighted by Crippen LogP contribution is -2.40. The van der Waals surface area contributed by atoms with Crippen molar-refractivity contribution in [3.8, 4) is 0 Å². The molecule has 0 amide bonds. The third-order valence-corrected chi connectivity index (χ3v) is 3.20. The van der Waals surface area contributed by atoms with E-state index in [2.05, 4.69) is 10.3 Å². The van der Waals surface area contributed by atoms with Gasteiger partial charge in [0.1, 0.15) is 0 Å². The maximum absolute atomic E-state index is 10.6. The quantitative estimate of drug-likeness (QED) is 0.680. The predicted molar refractivity (Wildman–Crippen MR) is 60.9 cm³/mol. The maximum atomic E-state index is 10.6. The van der Waals surface area contributed by atoms with Crippen molar-refractivity contribution < 1.29 is 10.2 Å². The molecule has 0 aliphatic carbocycles. The summed E-state index contributed by atoms with van der Waals surface area (Å²) in [6.45, 7) is 3.37. The first-order chi connectivity index (χ1) is 7.65. The lowest BCUT2D eigenvalue weighted by atomic mass is 9.84. The molecule has 4 heteroatoms. The predicted octanol–water partition coefficient (Wildman–Crippen LogP) is 0.453. The minimum absolute atomic E-state index is 0.118. The third-order valence-electron chi connectivity index (χ3n) is 3.20. The Labute approximate surface area is 95.3 Å². The number of nitrogens with one attached hydrogen (secondary N) is 1. The highest BCUT2D eigenvalue weighted by Gasteiger charge is 2.33. The van der Waals surface area contributed by atoms with Crippen molar-refractivity contribution in [2.24, 2.45) is 0 Å². The van der Waals surface area contributed by atoms with Crippen LogP contribution in [0.25, 0.3) is 0 Å². The van der Waals surface area contributed by atoms with E-state index in [1.807, 2.05) is 19.1 Å². The summed E-state index contributed by atoms with van der Waals surface area (Å²) in [6, 6.07) is 3.77. The van der Waals surface area contributed by atoms with Gasteiger partial charge in [0.05, 0.1) is 17.9 Å². The van der Waals surface area contributed by atoms with Crippen LogP contribution in [0, 0.1) is 6.92 Å². The second-order valence-corrected chi connectivity index (χ2v) is 4.39. The van der Waals surface area contributed by atoms with E-state index in [4.69, 9.17) is 0 Å². The first kappa shape index (κ1) is 11.5. The molecule has 0 saturated carbocycles. The molecule has 1 aliphatic rings. The SMILES string of the molecule is Cc1ccc(C2(O)CCNCC2)c(CO)n1. The number of piperidine rings is 1. The summed E-state index contributed by atoms with van der Waals surface area (Å²) >= 11 is 0. The number of aromatic nitrogens is 1. The highest BCUT2D eigenvalue weighted by Crippen LogP contribution is 2.32. The Hall–Kier alpha value is -0.970. The molecule has 1 aromatic rings. The summed E-state index contributed by atoms with van der Waals surface area (Å²) in [5.41, 5.74) is 1.42. The molecule has 0 aromatic carbocycles. The van der Waals surface area contributed by atoms with Crippen molar-refractivity contribution in [2.45, 2.75) is 32.0 Å². The van der Waals surface area contributed by atoms with Gasteiger partial charge in [-0.3, -0.25) is 4.98 Å². The minimum Gasteiger partial charge on any atom is -0.390 e. The van der Waals surface area contributed by atoms with Crippen LogP contribution in [-0.2, 0) is 12.2 Å². The molecule has 0 unspecified atom stereocenters. The monoisotopic (exact) mass is 222 g/mol. The fourth-order valence-electron chi connectivity index (χ4n) is 2.26. The number of aryl methyl sites for hydroxylation is 1. The molecule has 4 nitrogen and oxygen atoms in total. The third kappa shape index (κ3) is 2.09. The largest absolute Gasteiger partial charge is 0.390 e. The molecule has 16 heavy (non-hydrogen) atoms. The van der Waals surface area contributed by atoms with E-state index >= 15 is 0 Å². The number of hydrogen-bond acceptors (Lipinski definition) is 4.